The fourth-order valence-corrected chi connectivity index (χ4v) is 2.03. The molecule has 0 aliphatic carbocycles. The van der Waals surface area contributed by atoms with Crippen molar-refractivity contribution in [3.05, 3.63) is 48.0 Å². The van der Waals surface area contributed by atoms with Crippen molar-refractivity contribution < 1.29 is 0 Å². The summed E-state index contributed by atoms with van der Waals surface area (Å²) in [6.45, 7) is 0. The molecule has 0 aromatic heterocycles. The summed E-state index contributed by atoms with van der Waals surface area (Å²) in [7, 11) is 0. The van der Waals surface area contributed by atoms with E-state index >= 15 is 0 Å². The predicted molar refractivity (Wildman–Crippen MR) is 75.8 cm³/mol. The Hall–Kier alpha value is -1.28. The zero-order valence-corrected chi connectivity index (χ0v) is 10.6. The van der Waals surface area contributed by atoms with Crippen LogP contribution in [-0.2, 0) is 0 Å². The summed E-state index contributed by atoms with van der Waals surface area (Å²) < 4.78 is 0. The van der Waals surface area contributed by atoms with Gasteiger partial charge in [0.05, 0.1) is 0 Å². The second-order valence-electron chi connectivity index (χ2n) is 3.67. The number of alkyl halides is 1. The van der Waals surface area contributed by atoms with E-state index in [2.05, 4.69) is 46.3 Å². The largest absolute Gasteiger partial charge is 0.398 e. The summed E-state index contributed by atoms with van der Waals surface area (Å²) in [4.78, 5) is 0. The molecular weight excluding hydrogens is 262 g/mol. The number of anilines is 1. The van der Waals surface area contributed by atoms with E-state index in [1.807, 2.05) is 18.2 Å². The molecule has 0 atom stereocenters. The molecule has 16 heavy (non-hydrogen) atoms. The standard InChI is InChI=1S/C14H14BrN/c15-10-4-3-5-11-8-9-14(16)13-7-2-1-6-12(11)13/h1-3,5-9H,4,10,16H2. The molecule has 0 spiro atoms. The van der Waals surface area contributed by atoms with Crippen molar-refractivity contribution in [2.24, 2.45) is 0 Å². The van der Waals surface area contributed by atoms with E-state index in [-0.39, 0.29) is 0 Å². The molecule has 2 N–H and O–H groups in total. The summed E-state index contributed by atoms with van der Waals surface area (Å²) in [5.74, 6) is 0. The van der Waals surface area contributed by atoms with Crippen molar-refractivity contribution in [3.63, 3.8) is 0 Å². The van der Waals surface area contributed by atoms with Gasteiger partial charge in [0.15, 0.2) is 0 Å². The average molecular weight is 276 g/mol. The van der Waals surface area contributed by atoms with Gasteiger partial charge < -0.3 is 5.73 Å². The normalized spacial score (nSPS) is 11.3. The molecule has 1 nitrogen and oxygen atoms in total. The smallest absolute Gasteiger partial charge is 0.0394 e. The first kappa shape index (κ1) is 11.2. The topological polar surface area (TPSA) is 26.0 Å². The monoisotopic (exact) mass is 275 g/mol. The third-order valence-corrected chi connectivity index (χ3v) is 3.02. The van der Waals surface area contributed by atoms with Crippen LogP contribution in [0.2, 0.25) is 0 Å². The van der Waals surface area contributed by atoms with Gasteiger partial charge in [-0.1, -0.05) is 58.4 Å². The molecule has 82 valence electrons. The van der Waals surface area contributed by atoms with E-state index in [1.165, 1.54) is 10.9 Å². The first-order valence-electron chi connectivity index (χ1n) is 5.32. The molecule has 2 rings (SSSR count). The van der Waals surface area contributed by atoms with E-state index < -0.39 is 0 Å². The maximum Gasteiger partial charge on any atom is 0.0394 e. The summed E-state index contributed by atoms with van der Waals surface area (Å²) in [6, 6.07) is 12.3. The SMILES string of the molecule is Nc1ccc(C=CCCBr)c2ccccc12. The fraction of sp³-hybridized carbons (Fsp3) is 0.143. The molecular formula is C14H14BrN. The van der Waals surface area contributed by atoms with Crippen LogP contribution >= 0.6 is 15.9 Å². The third-order valence-electron chi connectivity index (χ3n) is 2.56. The van der Waals surface area contributed by atoms with Crippen molar-refractivity contribution in [2.75, 3.05) is 11.1 Å². The lowest BCUT2D eigenvalue weighted by Crippen LogP contribution is -1.88. The Morgan fingerprint density at radius 3 is 2.56 bits per heavy atom. The van der Waals surface area contributed by atoms with Gasteiger partial charge in [-0.2, -0.15) is 0 Å². The maximum absolute atomic E-state index is 5.95. The highest BCUT2D eigenvalue weighted by Crippen LogP contribution is 2.25. The second kappa shape index (κ2) is 5.17. The van der Waals surface area contributed by atoms with Crippen LogP contribution in [0.25, 0.3) is 16.8 Å². The average Bonchev–Trinajstić information content (AvgIpc) is 2.33. The third kappa shape index (κ3) is 2.27. The highest BCUT2D eigenvalue weighted by molar-refractivity contribution is 9.09. The predicted octanol–water partition coefficient (Wildman–Crippen LogP) is 4.22. The van der Waals surface area contributed by atoms with Crippen LogP contribution in [0.15, 0.2) is 42.5 Å². The molecule has 0 saturated carbocycles. The van der Waals surface area contributed by atoms with E-state index in [4.69, 9.17) is 5.73 Å². The van der Waals surface area contributed by atoms with Gasteiger partial charge in [-0.15, -0.1) is 0 Å². The molecule has 0 bridgehead atoms. The Morgan fingerprint density at radius 2 is 1.81 bits per heavy atom. The number of nitrogens with two attached hydrogens (primary N) is 1. The number of nitrogen functional groups attached to an aromatic ring is 1. The van der Waals surface area contributed by atoms with Crippen molar-refractivity contribution in [2.45, 2.75) is 6.42 Å². The molecule has 0 aliphatic rings. The van der Waals surface area contributed by atoms with Gasteiger partial charge in [-0.3, -0.25) is 0 Å². The van der Waals surface area contributed by atoms with Gasteiger partial charge in [-0.05, 0) is 23.4 Å². The second-order valence-corrected chi connectivity index (χ2v) is 4.46. The van der Waals surface area contributed by atoms with Crippen molar-refractivity contribution in [1.82, 2.24) is 0 Å². The Bertz CT molecular complexity index is 517. The zero-order valence-electron chi connectivity index (χ0n) is 8.99. The lowest BCUT2D eigenvalue weighted by atomic mass is 10.0. The molecule has 2 heteroatoms. The van der Waals surface area contributed by atoms with Crippen LogP contribution in [0.4, 0.5) is 5.69 Å². The lowest BCUT2D eigenvalue weighted by molar-refractivity contribution is 1.27. The molecule has 0 radical (unpaired) electrons. The number of hydrogen-bond acceptors (Lipinski definition) is 1. The molecule has 2 aromatic rings. The Balaban J connectivity index is 2.50. The maximum atomic E-state index is 5.95. The summed E-state index contributed by atoms with van der Waals surface area (Å²) in [6.07, 6.45) is 5.37. The highest BCUT2D eigenvalue weighted by atomic mass is 79.9. The Kier molecular flexibility index (Phi) is 3.62. The summed E-state index contributed by atoms with van der Waals surface area (Å²) >= 11 is 3.41. The van der Waals surface area contributed by atoms with E-state index in [9.17, 15) is 0 Å². The van der Waals surface area contributed by atoms with Crippen LogP contribution in [0, 0.1) is 0 Å². The van der Waals surface area contributed by atoms with E-state index in [1.54, 1.807) is 0 Å². The molecule has 0 saturated heterocycles. The van der Waals surface area contributed by atoms with Gasteiger partial charge in [0.2, 0.25) is 0 Å². The van der Waals surface area contributed by atoms with Gasteiger partial charge in [-0.25, -0.2) is 0 Å². The quantitative estimate of drug-likeness (QED) is 0.659. The van der Waals surface area contributed by atoms with Crippen molar-refractivity contribution >= 4 is 38.5 Å². The Morgan fingerprint density at radius 1 is 1.06 bits per heavy atom. The molecule has 0 unspecified atom stereocenters. The molecule has 0 aliphatic heterocycles. The van der Waals surface area contributed by atoms with Crippen LogP contribution in [-0.4, -0.2) is 5.33 Å². The van der Waals surface area contributed by atoms with Gasteiger partial charge >= 0.3 is 0 Å². The molecule has 2 aromatic carbocycles. The summed E-state index contributed by atoms with van der Waals surface area (Å²) in [5, 5.41) is 3.34. The minimum Gasteiger partial charge on any atom is -0.398 e. The number of hydrogen-bond donors (Lipinski definition) is 1. The van der Waals surface area contributed by atoms with E-state index in [0.717, 1.165) is 22.8 Å². The van der Waals surface area contributed by atoms with Gasteiger partial charge in [0.25, 0.3) is 0 Å². The lowest BCUT2D eigenvalue weighted by Gasteiger charge is -2.05. The Labute approximate surface area is 104 Å². The number of fused-ring (bicyclic) bond motifs is 1. The van der Waals surface area contributed by atoms with E-state index in [0.29, 0.717) is 0 Å². The van der Waals surface area contributed by atoms with Crippen LogP contribution in [0.1, 0.15) is 12.0 Å². The molecule has 0 amide bonds. The van der Waals surface area contributed by atoms with Crippen molar-refractivity contribution in [3.8, 4) is 0 Å². The minimum absolute atomic E-state index is 0.841. The highest BCUT2D eigenvalue weighted by Gasteiger charge is 2.00. The van der Waals surface area contributed by atoms with Crippen molar-refractivity contribution in [1.29, 1.82) is 0 Å². The fourth-order valence-electron chi connectivity index (χ4n) is 1.76. The number of allylic oxidation sites excluding steroid dienone is 1. The van der Waals surface area contributed by atoms with Gasteiger partial charge in [0.1, 0.15) is 0 Å². The summed E-state index contributed by atoms with van der Waals surface area (Å²) in [5.41, 5.74) is 8.02. The number of rotatable bonds is 3. The molecule has 0 fully saturated rings. The minimum atomic E-state index is 0.841. The first-order valence-corrected chi connectivity index (χ1v) is 6.45. The van der Waals surface area contributed by atoms with Crippen LogP contribution in [0.5, 0.6) is 0 Å². The van der Waals surface area contributed by atoms with Crippen LogP contribution < -0.4 is 5.73 Å². The number of halogens is 1. The zero-order chi connectivity index (χ0) is 11.4. The van der Waals surface area contributed by atoms with Gasteiger partial charge in [0, 0.05) is 16.4 Å². The molecule has 0 heterocycles. The number of benzene rings is 2. The first-order chi connectivity index (χ1) is 7.83. The van der Waals surface area contributed by atoms with Crippen LogP contribution in [0.3, 0.4) is 0 Å².